The van der Waals surface area contributed by atoms with Crippen LogP contribution in [0.25, 0.3) is 0 Å². The van der Waals surface area contributed by atoms with Crippen LogP contribution in [0.1, 0.15) is 13.3 Å². The zero-order chi connectivity index (χ0) is 11.3. The molecule has 15 heavy (non-hydrogen) atoms. The topological polar surface area (TPSA) is 64.8 Å². The molecule has 1 aliphatic rings. The number of carbonyl (C=O) groups is 1. The summed E-state index contributed by atoms with van der Waals surface area (Å²) in [6, 6.07) is -0.392. The van der Waals surface area contributed by atoms with Crippen LogP contribution < -0.4 is 5.73 Å². The van der Waals surface area contributed by atoms with Gasteiger partial charge in [-0.25, -0.2) is 0 Å². The Kier molecular flexibility index (Phi) is 5.01. The molecule has 5 nitrogen and oxygen atoms in total. The first-order valence-corrected chi connectivity index (χ1v) is 5.33. The lowest BCUT2D eigenvalue weighted by atomic mass is 10.1. The molecule has 2 atom stereocenters. The normalized spacial score (nSPS) is 23.9. The fourth-order valence-electron chi connectivity index (χ4n) is 1.75. The van der Waals surface area contributed by atoms with E-state index in [1.165, 1.54) is 0 Å². The molecule has 1 amide bonds. The summed E-state index contributed by atoms with van der Waals surface area (Å²) in [4.78, 5) is 13.7. The maximum atomic E-state index is 11.9. The lowest BCUT2D eigenvalue weighted by Gasteiger charge is -2.36. The Hall–Kier alpha value is -0.650. The first kappa shape index (κ1) is 12.4. The molecule has 1 rings (SSSR count). The Balaban J connectivity index is 2.55. The molecule has 2 unspecified atom stereocenters. The number of hydrogen-bond acceptors (Lipinski definition) is 4. The third-order valence-electron chi connectivity index (χ3n) is 2.65. The van der Waals surface area contributed by atoms with Gasteiger partial charge in [-0.2, -0.15) is 0 Å². The van der Waals surface area contributed by atoms with E-state index in [2.05, 4.69) is 0 Å². The minimum absolute atomic E-state index is 0.0352. The number of amides is 1. The molecule has 0 bridgehead atoms. The van der Waals surface area contributed by atoms with Crippen LogP contribution in [-0.4, -0.2) is 56.4 Å². The Morgan fingerprint density at radius 2 is 2.47 bits per heavy atom. The number of carbonyl (C=O) groups excluding carboxylic acids is 1. The molecule has 0 aromatic carbocycles. The summed E-state index contributed by atoms with van der Waals surface area (Å²) in [5.41, 5.74) is 5.72. The van der Waals surface area contributed by atoms with Crippen molar-refractivity contribution in [1.29, 1.82) is 0 Å². The van der Waals surface area contributed by atoms with Crippen molar-refractivity contribution >= 4 is 5.91 Å². The van der Waals surface area contributed by atoms with Gasteiger partial charge in [0.05, 0.1) is 25.9 Å². The van der Waals surface area contributed by atoms with Crippen molar-refractivity contribution in [2.24, 2.45) is 5.73 Å². The smallest absolute Gasteiger partial charge is 0.242 e. The molecule has 0 aromatic rings. The van der Waals surface area contributed by atoms with Gasteiger partial charge in [0.15, 0.2) is 0 Å². The van der Waals surface area contributed by atoms with E-state index >= 15 is 0 Å². The Bertz CT molecular complexity index is 211. The van der Waals surface area contributed by atoms with Gasteiger partial charge in [-0.05, 0) is 6.42 Å². The van der Waals surface area contributed by atoms with Crippen molar-refractivity contribution in [3.63, 3.8) is 0 Å². The van der Waals surface area contributed by atoms with Crippen molar-refractivity contribution in [1.82, 2.24) is 4.90 Å². The molecule has 0 aliphatic carbocycles. The molecule has 1 heterocycles. The van der Waals surface area contributed by atoms with E-state index in [1.807, 2.05) is 11.8 Å². The number of morpholine rings is 1. The van der Waals surface area contributed by atoms with Crippen LogP contribution in [0.4, 0.5) is 0 Å². The number of nitrogens with two attached hydrogens (primary N) is 1. The van der Waals surface area contributed by atoms with E-state index in [0.29, 0.717) is 19.8 Å². The van der Waals surface area contributed by atoms with Gasteiger partial charge in [-0.15, -0.1) is 0 Å². The molecule has 1 aliphatic heterocycles. The predicted molar refractivity (Wildman–Crippen MR) is 56.5 cm³/mol. The zero-order valence-corrected chi connectivity index (χ0v) is 9.44. The average Bonchev–Trinajstić information content (AvgIpc) is 2.28. The molecule has 0 saturated carbocycles. The Morgan fingerprint density at radius 3 is 3.07 bits per heavy atom. The highest BCUT2D eigenvalue weighted by Crippen LogP contribution is 2.11. The molecule has 5 heteroatoms. The first-order valence-electron chi connectivity index (χ1n) is 5.33. The lowest BCUT2D eigenvalue weighted by Crippen LogP contribution is -2.54. The quantitative estimate of drug-likeness (QED) is 0.694. The van der Waals surface area contributed by atoms with E-state index in [0.717, 1.165) is 6.42 Å². The van der Waals surface area contributed by atoms with Crippen LogP contribution in [0.3, 0.4) is 0 Å². The van der Waals surface area contributed by atoms with Crippen molar-refractivity contribution in [3.05, 3.63) is 0 Å². The number of rotatable bonds is 4. The maximum Gasteiger partial charge on any atom is 0.242 e. The highest BCUT2D eigenvalue weighted by Gasteiger charge is 2.29. The van der Waals surface area contributed by atoms with Crippen molar-refractivity contribution in [2.45, 2.75) is 25.4 Å². The Morgan fingerprint density at radius 1 is 1.73 bits per heavy atom. The van der Waals surface area contributed by atoms with Gasteiger partial charge >= 0.3 is 0 Å². The van der Waals surface area contributed by atoms with E-state index < -0.39 is 6.04 Å². The molecular formula is C10H20N2O3. The molecule has 0 radical (unpaired) electrons. The van der Waals surface area contributed by atoms with Crippen LogP contribution in [0.5, 0.6) is 0 Å². The summed E-state index contributed by atoms with van der Waals surface area (Å²) in [6.07, 6.45) is 0.894. The van der Waals surface area contributed by atoms with Gasteiger partial charge in [0, 0.05) is 13.7 Å². The van der Waals surface area contributed by atoms with Crippen LogP contribution in [-0.2, 0) is 14.3 Å². The second-order valence-corrected chi connectivity index (χ2v) is 3.73. The summed E-state index contributed by atoms with van der Waals surface area (Å²) in [7, 11) is 1.55. The Labute approximate surface area is 90.5 Å². The van der Waals surface area contributed by atoms with Crippen LogP contribution in [0.15, 0.2) is 0 Å². The van der Waals surface area contributed by atoms with Gasteiger partial charge in [0.2, 0.25) is 5.91 Å². The average molecular weight is 216 g/mol. The molecule has 1 fully saturated rings. The van der Waals surface area contributed by atoms with Gasteiger partial charge in [-0.1, -0.05) is 6.92 Å². The lowest BCUT2D eigenvalue weighted by molar-refractivity contribution is -0.142. The zero-order valence-electron chi connectivity index (χ0n) is 9.44. The fraction of sp³-hybridized carbons (Fsp3) is 0.900. The molecule has 1 saturated heterocycles. The maximum absolute atomic E-state index is 11.9. The summed E-state index contributed by atoms with van der Waals surface area (Å²) < 4.78 is 10.2. The molecule has 2 N–H and O–H groups in total. The predicted octanol–water partition coefficient (Wildman–Crippen LogP) is -0.402. The summed E-state index contributed by atoms with van der Waals surface area (Å²) in [5, 5.41) is 0. The SMILES string of the molecule is CCC1COCCN1C(=O)C(N)COC. The molecular weight excluding hydrogens is 196 g/mol. The summed E-state index contributed by atoms with van der Waals surface area (Å²) >= 11 is 0. The highest BCUT2D eigenvalue weighted by atomic mass is 16.5. The summed E-state index contributed by atoms with van der Waals surface area (Å²) in [5.74, 6) is -0.0352. The van der Waals surface area contributed by atoms with Gasteiger partial charge < -0.3 is 20.1 Å². The van der Waals surface area contributed by atoms with Crippen molar-refractivity contribution < 1.29 is 14.3 Å². The third kappa shape index (κ3) is 3.15. The molecule has 88 valence electrons. The third-order valence-corrected chi connectivity index (χ3v) is 2.65. The van der Waals surface area contributed by atoms with Crippen LogP contribution in [0.2, 0.25) is 0 Å². The van der Waals surface area contributed by atoms with Gasteiger partial charge in [0.1, 0.15) is 6.04 Å². The second-order valence-electron chi connectivity index (χ2n) is 3.73. The number of ether oxygens (including phenoxy) is 2. The summed E-state index contributed by atoms with van der Waals surface area (Å²) in [6.45, 7) is 4.16. The number of methoxy groups -OCH3 is 1. The van der Waals surface area contributed by atoms with Gasteiger partial charge in [-0.3, -0.25) is 4.79 Å². The largest absolute Gasteiger partial charge is 0.383 e. The molecule has 0 spiro atoms. The standard InChI is InChI=1S/C10H20N2O3/c1-3-8-6-15-5-4-12(8)10(13)9(11)7-14-2/h8-9H,3-7,11H2,1-2H3. The minimum atomic E-state index is -0.554. The minimum Gasteiger partial charge on any atom is -0.383 e. The van der Waals surface area contributed by atoms with E-state index in [4.69, 9.17) is 15.2 Å². The van der Waals surface area contributed by atoms with Gasteiger partial charge in [0.25, 0.3) is 0 Å². The monoisotopic (exact) mass is 216 g/mol. The van der Waals surface area contributed by atoms with E-state index in [1.54, 1.807) is 7.11 Å². The van der Waals surface area contributed by atoms with Crippen molar-refractivity contribution in [3.8, 4) is 0 Å². The first-order chi connectivity index (χ1) is 7.20. The van der Waals surface area contributed by atoms with Crippen molar-refractivity contribution in [2.75, 3.05) is 33.5 Å². The second kappa shape index (κ2) is 6.05. The number of hydrogen-bond donors (Lipinski definition) is 1. The van der Waals surface area contributed by atoms with Crippen LogP contribution in [0, 0.1) is 0 Å². The van der Waals surface area contributed by atoms with E-state index in [-0.39, 0.29) is 18.6 Å². The number of nitrogens with zero attached hydrogens (tertiary/aromatic N) is 1. The van der Waals surface area contributed by atoms with E-state index in [9.17, 15) is 4.79 Å². The molecule has 0 aromatic heterocycles. The van der Waals surface area contributed by atoms with Crippen LogP contribution >= 0.6 is 0 Å². The fourth-order valence-corrected chi connectivity index (χ4v) is 1.75. The highest BCUT2D eigenvalue weighted by molar-refractivity contribution is 5.82.